The lowest BCUT2D eigenvalue weighted by Gasteiger charge is -2.21. The van der Waals surface area contributed by atoms with E-state index >= 15 is 0 Å². The zero-order valence-electron chi connectivity index (χ0n) is 13.5. The summed E-state index contributed by atoms with van der Waals surface area (Å²) in [7, 11) is 0. The largest absolute Gasteiger partial charge is 0.361 e. The number of nitrogens with zero attached hydrogens (tertiary/aromatic N) is 1. The molecule has 0 radical (unpaired) electrons. The molecule has 1 aromatic rings. The van der Waals surface area contributed by atoms with E-state index in [1.165, 1.54) is 35.1 Å². The van der Waals surface area contributed by atoms with Gasteiger partial charge in [0, 0.05) is 17.6 Å². The summed E-state index contributed by atoms with van der Waals surface area (Å²) in [6, 6.07) is -0.313. The molecule has 0 fully saturated rings. The van der Waals surface area contributed by atoms with E-state index in [1.54, 1.807) is 19.4 Å². The van der Waals surface area contributed by atoms with Crippen LogP contribution in [0.15, 0.2) is 10.6 Å². The molecule has 0 aliphatic carbocycles. The van der Waals surface area contributed by atoms with Crippen LogP contribution in [0.2, 0.25) is 0 Å². The van der Waals surface area contributed by atoms with E-state index < -0.39 is 29.8 Å². The van der Waals surface area contributed by atoms with E-state index in [1.807, 2.05) is 0 Å². The van der Waals surface area contributed by atoms with Crippen molar-refractivity contribution in [2.24, 2.45) is 0 Å². The van der Waals surface area contributed by atoms with Crippen molar-refractivity contribution in [2.45, 2.75) is 19.0 Å². The molecule has 0 saturated heterocycles. The maximum atomic E-state index is 12.4. The second-order valence-corrected chi connectivity index (χ2v) is 6.62. The van der Waals surface area contributed by atoms with Crippen LogP contribution in [0.3, 0.4) is 0 Å². The van der Waals surface area contributed by atoms with Crippen molar-refractivity contribution in [3.63, 3.8) is 0 Å². The number of aryl methyl sites for hydroxylation is 1. The van der Waals surface area contributed by atoms with Crippen LogP contribution in [-0.2, 0) is 9.59 Å². The van der Waals surface area contributed by atoms with Gasteiger partial charge in [0.1, 0.15) is 17.8 Å². The highest BCUT2D eigenvalue weighted by molar-refractivity contribution is 7.98. The summed E-state index contributed by atoms with van der Waals surface area (Å²) >= 11 is 2.69. The predicted molar refractivity (Wildman–Crippen MR) is 91.1 cm³/mol. The van der Waals surface area contributed by atoms with E-state index in [0.717, 1.165) is 0 Å². The maximum absolute atomic E-state index is 12.4. The Morgan fingerprint density at radius 2 is 1.75 bits per heavy atom. The summed E-state index contributed by atoms with van der Waals surface area (Å²) in [5.74, 6) is -0.735. The van der Waals surface area contributed by atoms with Gasteiger partial charge in [0.2, 0.25) is 5.91 Å². The summed E-state index contributed by atoms with van der Waals surface area (Å²) in [5.41, 5.74) is 1.58. The second-order valence-electron chi connectivity index (χ2n) is 4.80. The van der Waals surface area contributed by atoms with Gasteiger partial charge in [0.25, 0.3) is 11.8 Å². The minimum absolute atomic E-state index is 0.0696. The SMILES string of the molecule is CSC[C@@H](NC(=O)c1cc(C)on1)C(=O)N[C@H](CSC)C(=O)NO. The van der Waals surface area contributed by atoms with Gasteiger partial charge in [-0.15, -0.1) is 0 Å². The average Bonchev–Trinajstić information content (AvgIpc) is 2.99. The van der Waals surface area contributed by atoms with Gasteiger partial charge in [-0.05, 0) is 19.4 Å². The van der Waals surface area contributed by atoms with Crippen LogP contribution in [0.4, 0.5) is 0 Å². The van der Waals surface area contributed by atoms with Crippen molar-refractivity contribution in [1.29, 1.82) is 0 Å². The summed E-state index contributed by atoms with van der Waals surface area (Å²) in [5, 5.41) is 17.4. The number of hydrogen-bond donors (Lipinski definition) is 4. The molecule has 1 aromatic heterocycles. The Balaban J connectivity index is 2.76. The quantitative estimate of drug-likeness (QED) is 0.344. The lowest BCUT2D eigenvalue weighted by Crippen LogP contribution is -2.55. The Bertz CT molecular complexity index is 580. The van der Waals surface area contributed by atoms with Gasteiger partial charge in [-0.1, -0.05) is 5.16 Å². The highest BCUT2D eigenvalue weighted by Crippen LogP contribution is 2.05. The van der Waals surface area contributed by atoms with Gasteiger partial charge in [0.15, 0.2) is 5.69 Å². The van der Waals surface area contributed by atoms with E-state index in [-0.39, 0.29) is 11.4 Å². The summed E-state index contributed by atoms with van der Waals surface area (Å²) in [4.78, 5) is 36.0. The van der Waals surface area contributed by atoms with Crippen molar-refractivity contribution in [2.75, 3.05) is 24.0 Å². The molecule has 134 valence electrons. The number of hydroxylamine groups is 1. The normalized spacial score (nSPS) is 13.0. The molecular weight excluding hydrogens is 356 g/mol. The molecule has 0 aliphatic rings. The molecule has 0 aliphatic heterocycles. The zero-order chi connectivity index (χ0) is 18.1. The second kappa shape index (κ2) is 10.2. The van der Waals surface area contributed by atoms with Crippen LogP contribution >= 0.6 is 23.5 Å². The highest BCUT2D eigenvalue weighted by Gasteiger charge is 2.27. The first kappa shape index (κ1) is 20.3. The van der Waals surface area contributed by atoms with Gasteiger partial charge >= 0.3 is 0 Å². The summed E-state index contributed by atoms with van der Waals surface area (Å²) in [6.07, 6.45) is 3.55. The smallest absolute Gasteiger partial charge is 0.274 e. The first-order chi connectivity index (χ1) is 11.4. The third-order valence-corrected chi connectivity index (χ3v) is 4.23. The number of rotatable bonds is 9. The summed E-state index contributed by atoms with van der Waals surface area (Å²) < 4.78 is 4.83. The zero-order valence-corrected chi connectivity index (χ0v) is 15.1. The Hall–Kier alpha value is -1.72. The number of amides is 3. The fourth-order valence-electron chi connectivity index (χ4n) is 1.75. The van der Waals surface area contributed by atoms with Crippen molar-refractivity contribution < 1.29 is 24.1 Å². The lowest BCUT2D eigenvalue weighted by atomic mass is 10.2. The van der Waals surface area contributed by atoms with Crippen LogP contribution in [-0.4, -0.2) is 64.2 Å². The Kier molecular flexibility index (Phi) is 8.65. The number of nitrogens with one attached hydrogen (secondary N) is 3. The van der Waals surface area contributed by atoms with Crippen LogP contribution in [0.1, 0.15) is 16.2 Å². The van der Waals surface area contributed by atoms with Gasteiger partial charge < -0.3 is 15.2 Å². The van der Waals surface area contributed by atoms with E-state index in [2.05, 4.69) is 15.8 Å². The van der Waals surface area contributed by atoms with Crippen LogP contribution in [0, 0.1) is 6.92 Å². The number of carbonyl (C=O) groups is 3. The molecule has 11 heteroatoms. The topological polar surface area (TPSA) is 134 Å². The number of aromatic nitrogens is 1. The maximum Gasteiger partial charge on any atom is 0.274 e. The monoisotopic (exact) mass is 376 g/mol. The molecule has 24 heavy (non-hydrogen) atoms. The lowest BCUT2D eigenvalue weighted by molar-refractivity contribution is -0.134. The molecular formula is C13H20N4O5S2. The van der Waals surface area contributed by atoms with Crippen LogP contribution in [0.25, 0.3) is 0 Å². The van der Waals surface area contributed by atoms with Crippen LogP contribution in [0.5, 0.6) is 0 Å². The molecule has 9 nitrogen and oxygen atoms in total. The first-order valence-corrected chi connectivity index (χ1v) is 9.68. The molecule has 1 heterocycles. The van der Waals surface area contributed by atoms with Crippen molar-refractivity contribution in [3.05, 3.63) is 17.5 Å². The van der Waals surface area contributed by atoms with Crippen molar-refractivity contribution in [1.82, 2.24) is 21.3 Å². The standard InChI is InChI=1S/C13H20N4O5S2/c1-7-4-8(17-22-7)11(18)14-9(5-23-2)12(19)15-10(6-24-3)13(20)16-21/h4,9-10,21H,5-6H2,1-3H3,(H,14,18)(H,15,19)(H,16,20)/t9-,10-/m1/s1. The molecule has 0 unspecified atom stereocenters. The summed E-state index contributed by atoms with van der Waals surface area (Å²) in [6.45, 7) is 1.65. The first-order valence-electron chi connectivity index (χ1n) is 6.89. The van der Waals surface area contributed by atoms with Gasteiger partial charge in [0.05, 0.1) is 0 Å². The Morgan fingerprint density at radius 1 is 1.17 bits per heavy atom. The molecule has 1 rings (SSSR count). The van der Waals surface area contributed by atoms with E-state index in [0.29, 0.717) is 11.5 Å². The minimum Gasteiger partial charge on any atom is -0.361 e. The minimum atomic E-state index is -0.909. The number of thioether (sulfide) groups is 2. The fraction of sp³-hybridized carbons (Fsp3) is 0.538. The molecule has 0 spiro atoms. The molecule has 0 bridgehead atoms. The number of carbonyl (C=O) groups excluding carboxylic acids is 3. The fourth-order valence-corrected chi connectivity index (χ4v) is 2.89. The van der Waals surface area contributed by atoms with Crippen LogP contribution < -0.4 is 16.1 Å². The molecule has 0 aromatic carbocycles. The van der Waals surface area contributed by atoms with Crippen molar-refractivity contribution in [3.8, 4) is 0 Å². The molecule has 2 atom stereocenters. The Labute approximate surface area is 147 Å². The molecule has 3 amide bonds. The van der Waals surface area contributed by atoms with E-state index in [4.69, 9.17) is 9.73 Å². The molecule has 4 N–H and O–H groups in total. The third-order valence-electron chi connectivity index (χ3n) is 2.89. The average molecular weight is 376 g/mol. The van der Waals surface area contributed by atoms with Gasteiger partial charge in [-0.25, -0.2) is 5.48 Å². The van der Waals surface area contributed by atoms with Gasteiger partial charge in [-0.3, -0.25) is 19.6 Å². The van der Waals surface area contributed by atoms with Gasteiger partial charge in [-0.2, -0.15) is 23.5 Å². The van der Waals surface area contributed by atoms with Crippen molar-refractivity contribution >= 4 is 41.2 Å². The molecule has 0 saturated carbocycles. The highest BCUT2D eigenvalue weighted by atomic mass is 32.2. The predicted octanol–water partition coefficient (Wildman–Crippen LogP) is -0.202. The Morgan fingerprint density at radius 3 is 2.21 bits per heavy atom. The number of hydrogen-bond acceptors (Lipinski definition) is 8. The third kappa shape index (κ3) is 6.06. The van der Waals surface area contributed by atoms with E-state index in [9.17, 15) is 14.4 Å².